The van der Waals surface area contributed by atoms with Gasteiger partial charge < -0.3 is 10.2 Å². The Hall–Kier alpha value is -2.07. The normalized spacial score (nSPS) is 11.3. The van der Waals surface area contributed by atoms with E-state index in [1.54, 1.807) is 31.2 Å². The van der Waals surface area contributed by atoms with Gasteiger partial charge in [0.2, 0.25) is 21.8 Å². The third-order valence-electron chi connectivity index (χ3n) is 2.53. The Balaban J connectivity index is 2.09. The molecule has 0 radical (unpaired) electrons. The van der Waals surface area contributed by atoms with Crippen molar-refractivity contribution in [2.24, 2.45) is 5.73 Å². The molecule has 0 spiro atoms. The number of carbonyl (C=O) groups is 1. The Kier molecular flexibility index (Phi) is 5.03. The minimum Gasteiger partial charge on any atom is -0.411 e. The van der Waals surface area contributed by atoms with Crippen LogP contribution in [-0.4, -0.2) is 36.0 Å². The number of hydrogen-bond donors (Lipinski definition) is 2. The first-order valence-electron chi connectivity index (χ1n) is 6.25. The summed E-state index contributed by atoms with van der Waals surface area (Å²) in [6, 6.07) is 6.51. The molecule has 1 heterocycles. The molecule has 0 bridgehead atoms. The van der Waals surface area contributed by atoms with E-state index in [0.29, 0.717) is 11.3 Å². The lowest BCUT2D eigenvalue weighted by Crippen LogP contribution is -2.14. The molecule has 2 aromatic rings. The summed E-state index contributed by atoms with van der Waals surface area (Å²) in [5, 5.41) is 7.88. The number of amides is 1. The molecule has 0 saturated heterocycles. The average molecular weight is 342 g/mol. The first-order valence-corrected chi connectivity index (χ1v) is 8.89. The van der Waals surface area contributed by atoms with E-state index in [1.807, 2.05) is 0 Å². The van der Waals surface area contributed by atoms with Gasteiger partial charge in [0.25, 0.3) is 5.22 Å². The molecule has 118 valence electrons. The van der Waals surface area contributed by atoms with Crippen LogP contribution in [0.4, 0.5) is 5.69 Å². The number of nitrogens with one attached hydrogen (secondary N) is 1. The molecule has 0 saturated carbocycles. The van der Waals surface area contributed by atoms with Crippen LogP contribution in [0.25, 0.3) is 11.5 Å². The lowest BCUT2D eigenvalue weighted by molar-refractivity contribution is -0.115. The lowest BCUT2D eigenvalue weighted by Gasteiger charge is -2.05. The number of rotatable bonds is 7. The molecule has 0 aliphatic carbocycles. The van der Waals surface area contributed by atoms with Gasteiger partial charge in [0.05, 0.1) is 11.5 Å². The van der Waals surface area contributed by atoms with Crippen molar-refractivity contribution in [1.82, 2.24) is 10.2 Å². The van der Waals surface area contributed by atoms with Crippen molar-refractivity contribution < 1.29 is 17.6 Å². The number of nitrogens with two attached hydrogens (primary N) is 1. The molecular formula is C12H14N4O4S2. The van der Waals surface area contributed by atoms with Gasteiger partial charge in [-0.05, 0) is 31.2 Å². The number of nitrogens with zero attached hydrogens (tertiary/aromatic N) is 2. The second kappa shape index (κ2) is 6.79. The molecule has 1 amide bonds. The van der Waals surface area contributed by atoms with Crippen LogP contribution in [0.1, 0.15) is 6.92 Å². The lowest BCUT2D eigenvalue weighted by atomic mass is 10.2. The zero-order valence-electron chi connectivity index (χ0n) is 11.6. The van der Waals surface area contributed by atoms with Crippen LogP contribution in [-0.2, 0) is 14.8 Å². The number of thioether (sulfide) groups is 1. The highest BCUT2D eigenvalue weighted by atomic mass is 32.2. The van der Waals surface area contributed by atoms with Gasteiger partial charge in [-0.15, -0.1) is 10.2 Å². The van der Waals surface area contributed by atoms with Crippen molar-refractivity contribution in [3.05, 3.63) is 24.3 Å². The van der Waals surface area contributed by atoms with Crippen LogP contribution in [0.2, 0.25) is 0 Å². The summed E-state index contributed by atoms with van der Waals surface area (Å²) in [7, 11) is -3.31. The van der Waals surface area contributed by atoms with E-state index in [4.69, 9.17) is 10.2 Å². The Labute approximate surface area is 131 Å². The Morgan fingerprint density at radius 3 is 2.59 bits per heavy atom. The zero-order chi connectivity index (χ0) is 16.2. The van der Waals surface area contributed by atoms with Gasteiger partial charge in [0.15, 0.2) is 0 Å². The summed E-state index contributed by atoms with van der Waals surface area (Å²) >= 11 is 1.05. The molecule has 0 aliphatic rings. The van der Waals surface area contributed by atoms with Crippen LogP contribution in [0.15, 0.2) is 33.9 Å². The van der Waals surface area contributed by atoms with E-state index in [-0.39, 0.29) is 22.6 Å². The van der Waals surface area contributed by atoms with Gasteiger partial charge in [-0.1, -0.05) is 11.8 Å². The van der Waals surface area contributed by atoms with E-state index in [9.17, 15) is 13.2 Å². The summed E-state index contributed by atoms with van der Waals surface area (Å²) < 4.78 is 30.7. The van der Waals surface area contributed by atoms with Gasteiger partial charge in [-0.3, -0.25) is 9.52 Å². The molecule has 0 aliphatic heterocycles. The monoisotopic (exact) mass is 342 g/mol. The molecule has 1 aromatic heterocycles. The summed E-state index contributed by atoms with van der Waals surface area (Å²) in [5.41, 5.74) is 6.12. The largest absolute Gasteiger partial charge is 0.411 e. The number of hydrogen-bond acceptors (Lipinski definition) is 7. The number of sulfonamides is 1. The topological polar surface area (TPSA) is 128 Å². The SMILES string of the molecule is CCS(=O)(=O)Nc1ccc(-c2nnc(SCC(N)=O)o2)cc1. The maximum absolute atomic E-state index is 11.5. The molecular weight excluding hydrogens is 328 g/mol. The quantitative estimate of drug-likeness (QED) is 0.720. The fourth-order valence-corrected chi connectivity index (χ4v) is 2.59. The highest BCUT2D eigenvalue weighted by Gasteiger charge is 2.11. The molecule has 10 heteroatoms. The Morgan fingerprint density at radius 1 is 1.32 bits per heavy atom. The van der Waals surface area contributed by atoms with Crippen LogP contribution in [0, 0.1) is 0 Å². The first-order chi connectivity index (χ1) is 10.4. The van der Waals surface area contributed by atoms with Crippen LogP contribution in [0.3, 0.4) is 0 Å². The molecule has 0 atom stereocenters. The smallest absolute Gasteiger partial charge is 0.277 e. The minimum atomic E-state index is -3.31. The van der Waals surface area contributed by atoms with Crippen LogP contribution in [0.5, 0.6) is 0 Å². The van der Waals surface area contributed by atoms with Gasteiger partial charge in [0, 0.05) is 11.3 Å². The summed E-state index contributed by atoms with van der Waals surface area (Å²) in [6.07, 6.45) is 0. The number of anilines is 1. The highest BCUT2D eigenvalue weighted by Crippen LogP contribution is 2.24. The molecule has 2 rings (SSSR count). The van der Waals surface area contributed by atoms with Crippen molar-refractivity contribution >= 4 is 33.4 Å². The Morgan fingerprint density at radius 2 is 2.00 bits per heavy atom. The minimum absolute atomic E-state index is 0.00113. The van der Waals surface area contributed by atoms with E-state index in [0.717, 1.165) is 11.8 Å². The fourth-order valence-electron chi connectivity index (χ4n) is 1.45. The fraction of sp³-hybridized carbons (Fsp3) is 0.250. The van der Waals surface area contributed by atoms with E-state index < -0.39 is 15.9 Å². The summed E-state index contributed by atoms with van der Waals surface area (Å²) in [4.78, 5) is 10.7. The maximum Gasteiger partial charge on any atom is 0.277 e. The van der Waals surface area contributed by atoms with Crippen molar-refractivity contribution in [2.45, 2.75) is 12.1 Å². The van der Waals surface area contributed by atoms with Crippen molar-refractivity contribution in [1.29, 1.82) is 0 Å². The van der Waals surface area contributed by atoms with Crippen LogP contribution >= 0.6 is 11.8 Å². The van der Waals surface area contributed by atoms with Crippen molar-refractivity contribution in [2.75, 3.05) is 16.2 Å². The van der Waals surface area contributed by atoms with Gasteiger partial charge in [-0.25, -0.2) is 8.42 Å². The summed E-state index contributed by atoms with van der Waals surface area (Å²) in [5.74, 6) is -0.146. The molecule has 22 heavy (non-hydrogen) atoms. The standard InChI is InChI=1S/C12H14N4O4S2/c1-2-22(18,19)16-9-5-3-8(4-6-9)11-14-15-12(20-11)21-7-10(13)17/h3-6,16H,2,7H2,1H3,(H2,13,17). The average Bonchev–Trinajstić information content (AvgIpc) is 2.94. The molecule has 1 aromatic carbocycles. The van der Waals surface area contributed by atoms with Gasteiger partial charge in [0.1, 0.15) is 0 Å². The Bertz CT molecular complexity index is 756. The van der Waals surface area contributed by atoms with E-state index in [2.05, 4.69) is 14.9 Å². The van der Waals surface area contributed by atoms with Crippen LogP contribution < -0.4 is 10.5 Å². The molecule has 3 N–H and O–H groups in total. The third-order valence-corrected chi connectivity index (χ3v) is 4.68. The predicted molar refractivity (Wildman–Crippen MR) is 82.7 cm³/mol. The number of benzene rings is 1. The van der Waals surface area contributed by atoms with E-state index >= 15 is 0 Å². The number of carbonyl (C=O) groups excluding carboxylic acids is 1. The second-order valence-electron chi connectivity index (χ2n) is 4.21. The summed E-state index contributed by atoms with van der Waals surface area (Å²) in [6.45, 7) is 1.56. The maximum atomic E-state index is 11.5. The second-order valence-corrected chi connectivity index (χ2v) is 7.15. The highest BCUT2D eigenvalue weighted by molar-refractivity contribution is 7.99. The van der Waals surface area contributed by atoms with E-state index in [1.165, 1.54) is 0 Å². The van der Waals surface area contributed by atoms with Gasteiger partial charge in [-0.2, -0.15) is 0 Å². The van der Waals surface area contributed by atoms with Crippen molar-refractivity contribution in [3.8, 4) is 11.5 Å². The predicted octanol–water partition coefficient (Wildman–Crippen LogP) is 1.08. The molecule has 0 unspecified atom stereocenters. The molecule has 0 fully saturated rings. The molecule has 8 nitrogen and oxygen atoms in total. The number of aromatic nitrogens is 2. The number of primary amides is 1. The zero-order valence-corrected chi connectivity index (χ0v) is 13.3. The van der Waals surface area contributed by atoms with Crippen molar-refractivity contribution in [3.63, 3.8) is 0 Å². The van der Waals surface area contributed by atoms with Gasteiger partial charge >= 0.3 is 0 Å². The third kappa shape index (κ3) is 4.46. The first kappa shape index (κ1) is 16.3.